The molecule has 1 aliphatic rings. The maximum atomic E-state index is 13.3. The predicted molar refractivity (Wildman–Crippen MR) is 219 cm³/mol. The minimum Gasteiger partial charge on any atom is -0.497 e. The highest BCUT2D eigenvalue weighted by atomic mass is 28.2. The molecule has 5 rings (SSSR count). The quantitative estimate of drug-likeness (QED) is 0.0455. The van der Waals surface area contributed by atoms with Crippen molar-refractivity contribution in [1.82, 2.24) is 9.55 Å². The van der Waals surface area contributed by atoms with E-state index < -0.39 is 44.5 Å². The van der Waals surface area contributed by atoms with Gasteiger partial charge in [0.25, 0.3) is 5.56 Å². The number of methoxy groups -OCH3 is 2. The van der Waals surface area contributed by atoms with Gasteiger partial charge in [0.2, 0.25) is 0 Å². The Hall–Kier alpha value is -4.26. The molecule has 0 radical (unpaired) electrons. The predicted octanol–water partition coefficient (Wildman–Crippen LogP) is 6.96. The molecule has 1 saturated heterocycles. The Kier molecular flexibility index (Phi) is 14.2. The summed E-state index contributed by atoms with van der Waals surface area (Å²) in [7, 11) is 2.13. The number of hydrogen-bond acceptors (Lipinski definition) is 8. The zero-order valence-electron chi connectivity index (χ0n) is 33.4. The number of ether oxygens (including phenoxy) is 4. The lowest BCUT2D eigenvalue weighted by molar-refractivity contribution is -0.133. The summed E-state index contributed by atoms with van der Waals surface area (Å²) < 4.78 is 34.2. The second-order valence-corrected chi connectivity index (χ2v) is 17.9. The second kappa shape index (κ2) is 18.6. The molecular formula is C44H58N2O8Si. The molecule has 10 nitrogen and oxygen atoms in total. The summed E-state index contributed by atoms with van der Waals surface area (Å²) in [5.41, 5.74) is -0.168. The largest absolute Gasteiger partial charge is 0.497 e. The Labute approximate surface area is 327 Å². The van der Waals surface area contributed by atoms with Crippen LogP contribution in [0, 0.1) is 12.8 Å². The van der Waals surface area contributed by atoms with Crippen LogP contribution in [0.25, 0.3) is 0 Å². The lowest BCUT2D eigenvalue weighted by Gasteiger charge is -2.41. The molecule has 0 spiro atoms. The molecule has 0 unspecified atom stereocenters. The number of H-pyrrole nitrogens is 1. The fourth-order valence-corrected chi connectivity index (χ4v) is 8.25. The van der Waals surface area contributed by atoms with Crippen LogP contribution in [0.15, 0.2) is 107 Å². The lowest BCUT2D eigenvalue weighted by Crippen LogP contribution is -2.48. The van der Waals surface area contributed by atoms with Crippen molar-refractivity contribution in [3.8, 4) is 11.5 Å². The average molecular weight is 771 g/mol. The van der Waals surface area contributed by atoms with Gasteiger partial charge in [0.05, 0.1) is 26.9 Å². The fraction of sp³-hybridized carbons (Fsp3) is 0.455. The van der Waals surface area contributed by atoms with Crippen molar-refractivity contribution in [2.45, 2.75) is 95.3 Å². The zero-order chi connectivity index (χ0) is 39.6. The van der Waals surface area contributed by atoms with E-state index in [4.69, 9.17) is 23.4 Å². The minimum atomic E-state index is -1.16. The van der Waals surface area contributed by atoms with Gasteiger partial charge in [-0.3, -0.25) is 14.3 Å². The summed E-state index contributed by atoms with van der Waals surface area (Å²) in [4.78, 5) is 28.2. The Balaban J connectivity index is 1.69. The molecule has 1 fully saturated rings. The van der Waals surface area contributed by atoms with Crippen LogP contribution >= 0.6 is 0 Å². The molecule has 3 aromatic carbocycles. The van der Waals surface area contributed by atoms with Crippen LogP contribution in [-0.4, -0.2) is 63.6 Å². The van der Waals surface area contributed by atoms with Crippen LogP contribution in [0.3, 0.4) is 0 Å². The Bertz CT molecular complexity index is 1910. The number of rotatable bonds is 19. The number of aromatic nitrogens is 2. The van der Waals surface area contributed by atoms with Gasteiger partial charge in [-0.15, -0.1) is 0 Å². The third kappa shape index (κ3) is 9.59. The van der Waals surface area contributed by atoms with E-state index in [1.807, 2.05) is 66.7 Å². The van der Waals surface area contributed by atoms with E-state index >= 15 is 0 Å². The van der Waals surface area contributed by atoms with Crippen molar-refractivity contribution in [1.29, 1.82) is 0 Å². The molecule has 0 saturated carbocycles. The lowest BCUT2D eigenvalue weighted by atomic mass is 9.79. The zero-order valence-corrected chi connectivity index (χ0v) is 34.8. The molecular weight excluding hydrogens is 713 g/mol. The Morgan fingerprint density at radius 2 is 1.53 bits per heavy atom. The van der Waals surface area contributed by atoms with Crippen LogP contribution in [0.2, 0.25) is 5.04 Å². The van der Waals surface area contributed by atoms with Gasteiger partial charge in [-0.05, 0) is 78.1 Å². The van der Waals surface area contributed by atoms with Crippen molar-refractivity contribution >= 4 is 9.76 Å². The topological polar surface area (TPSA) is 121 Å². The molecule has 2 N–H and O–H groups in total. The third-order valence-electron chi connectivity index (χ3n) is 11.1. The highest BCUT2D eigenvalue weighted by Crippen LogP contribution is 2.46. The van der Waals surface area contributed by atoms with Crippen LogP contribution in [0.5, 0.6) is 11.5 Å². The summed E-state index contributed by atoms with van der Waals surface area (Å²) >= 11 is 0. The normalized spacial score (nSPS) is 19.2. The number of aliphatic hydroxyl groups is 1. The van der Waals surface area contributed by atoms with Gasteiger partial charge in [-0.25, -0.2) is 4.79 Å². The van der Waals surface area contributed by atoms with Gasteiger partial charge < -0.3 is 28.5 Å². The van der Waals surface area contributed by atoms with E-state index in [2.05, 4.69) is 57.0 Å². The number of aryl methyl sites for hydroxylation is 1. The minimum absolute atomic E-state index is 0.0237. The second-order valence-electron chi connectivity index (χ2n) is 15.5. The number of hydrogen-bond donors (Lipinski definition) is 2. The number of aromatic amines is 1. The van der Waals surface area contributed by atoms with Crippen molar-refractivity contribution in [3.63, 3.8) is 0 Å². The molecule has 296 valence electrons. The molecule has 0 amide bonds. The van der Waals surface area contributed by atoms with Crippen LogP contribution in [0.1, 0.15) is 88.3 Å². The van der Waals surface area contributed by atoms with Crippen molar-refractivity contribution in [3.05, 3.63) is 140 Å². The Morgan fingerprint density at radius 3 is 2.09 bits per heavy atom. The van der Waals surface area contributed by atoms with E-state index in [0.29, 0.717) is 17.9 Å². The van der Waals surface area contributed by atoms with Gasteiger partial charge in [0.15, 0.2) is 9.76 Å². The number of aliphatic hydroxyl groups excluding tert-OH is 1. The van der Waals surface area contributed by atoms with Crippen molar-refractivity contribution < 1.29 is 28.5 Å². The van der Waals surface area contributed by atoms with E-state index in [9.17, 15) is 14.7 Å². The first-order valence-electron chi connectivity index (χ1n) is 19.3. The van der Waals surface area contributed by atoms with Crippen LogP contribution in [0.4, 0.5) is 0 Å². The van der Waals surface area contributed by atoms with Crippen LogP contribution in [-0.2, 0) is 19.5 Å². The molecule has 11 heteroatoms. The van der Waals surface area contributed by atoms with E-state index in [-0.39, 0.29) is 18.3 Å². The molecule has 1 aromatic heterocycles. The standard InChI is InChI=1S/C44H58N2O8Si/c1-31(2)42(4,5)55-54-38-28-39(46-29-32(3)40(48)45-41(46)49)53-43(38,26-14-9-8-10-15-27-47)30-52-44(33-16-12-11-13-17-33,34-18-22-36(50-6)23-19-34)35-20-24-37(51-7)25-21-35/h11-14,16-26,29,31,38-39,47H,8-10,15,27-28,30,55H2,1-7H3,(H,45,48,49)/t38-,39+,43+/m0/s1. The number of unbranched alkanes of at least 4 members (excludes halogenated alkanes) is 3. The van der Waals surface area contributed by atoms with Gasteiger partial charge >= 0.3 is 5.69 Å². The molecule has 1 aliphatic heterocycles. The first-order chi connectivity index (χ1) is 26.4. The monoisotopic (exact) mass is 770 g/mol. The highest BCUT2D eigenvalue weighted by molar-refractivity contribution is 6.32. The molecule has 2 heterocycles. The number of allylic oxidation sites excluding steroid dienone is 1. The van der Waals surface area contributed by atoms with E-state index in [0.717, 1.165) is 53.9 Å². The van der Waals surface area contributed by atoms with Crippen molar-refractivity contribution in [2.75, 3.05) is 27.4 Å². The van der Waals surface area contributed by atoms with Gasteiger partial charge in [-0.1, -0.05) is 101 Å². The number of nitrogens with one attached hydrogen (secondary N) is 1. The van der Waals surface area contributed by atoms with Crippen molar-refractivity contribution in [2.24, 2.45) is 5.92 Å². The van der Waals surface area contributed by atoms with E-state index in [1.165, 1.54) is 4.57 Å². The SMILES string of the molecule is COc1ccc(C(OC[C@@]2(C=CCCCCCO)O[C@@H](n3cc(C)c(=O)[nH]c3=O)C[C@@H]2O[SiH2]C(C)(C)C(C)C)(c2ccccc2)c2ccc(OC)cc2)cc1. The highest BCUT2D eigenvalue weighted by Gasteiger charge is 2.52. The van der Waals surface area contributed by atoms with E-state index in [1.54, 1.807) is 27.3 Å². The fourth-order valence-electron chi connectivity index (χ4n) is 6.87. The smallest absolute Gasteiger partial charge is 0.330 e. The molecule has 55 heavy (non-hydrogen) atoms. The summed E-state index contributed by atoms with van der Waals surface area (Å²) in [5.74, 6) is 1.83. The van der Waals surface area contributed by atoms with Gasteiger partial charge in [0.1, 0.15) is 28.9 Å². The summed E-state index contributed by atoms with van der Waals surface area (Å²) in [5, 5.41) is 9.36. The van der Waals surface area contributed by atoms with Crippen LogP contribution < -0.4 is 20.7 Å². The van der Waals surface area contributed by atoms with Gasteiger partial charge in [-0.2, -0.15) is 0 Å². The molecule has 0 aliphatic carbocycles. The number of benzene rings is 3. The average Bonchev–Trinajstić information content (AvgIpc) is 3.55. The molecule has 3 atom stereocenters. The summed E-state index contributed by atoms with van der Waals surface area (Å²) in [6.45, 7) is 10.8. The third-order valence-corrected chi connectivity index (χ3v) is 13.2. The molecule has 0 bridgehead atoms. The maximum Gasteiger partial charge on any atom is 0.330 e. The first kappa shape index (κ1) is 41.9. The summed E-state index contributed by atoms with van der Waals surface area (Å²) in [6.07, 6.45) is 8.18. The van der Waals surface area contributed by atoms with Gasteiger partial charge in [0, 0.05) is 24.8 Å². The summed E-state index contributed by atoms with van der Waals surface area (Å²) in [6, 6.07) is 25.9. The maximum absolute atomic E-state index is 13.3. The first-order valence-corrected chi connectivity index (χ1v) is 20.6. The molecule has 4 aromatic rings. The Morgan fingerprint density at radius 1 is 0.927 bits per heavy atom. The number of nitrogens with zero attached hydrogens (tertiary/aromatic N) is 1.